The molecule has 1 atom stereocenters. The summed E-state index contributed by atoms with van der Waals surface area (Å²) in [6.45, 7) is 16.7. The van der Waals surface area contributed by atoms with Gasteiger partial charge in [-0.15, -0.1) is 0 Å². The molecule has 0 saturated carbocycles. The highest BCUT2D eigenvalue weighted by atomic mass is 16.2. The van der Waals surface area contributed by atoms with Crippen LogP contribution < -0.4 is 5.32 Å². The van der Waals surface area contributed by atoms with Gasteiger partial charge >= 0.3 is 0 Å². The molecule has 2 rings (SSSR count). The van der Waals surface area contributed by atoms with E-state index in [2.05, 4.69) is 5.32 Å². The zero-order valence-electron chi connectivity index (χ0n) is 23.9. The molecule has 35 heavy (non-hydrogen) atoms. The van der Waals surface area contributed by atoms with Gasteiger partial charge in [0.2, 0.25) is 23.6 Å². The third-order valence-corrected chi connectivity index (χ3v) is 5.85. The first-order valence-electron chi connectivity index (χ1n) is 14.4. The van der Waals surface area contributed by atoms with Crippen molar-refractivity contribution in [3.8, 4) is 0 Å². The van der Waals surface area contributed by atoms with Crippen molar-refractivity contribution in [1.29, 1.82) is 0 Å². The summed E-state index contributed by atoms with van der Waals surface area (Å²) in [5, 5.41) is 2.93. The number of nitrogens with zero attached hydrogens (tertiary/aromatic N) is 2. The Bertz CT molecular complexity index is 581. The first kappa shape index (κ1) is 35.2. The van der Waals surface area contributed by atoms with Crippen LogP contribution in [0.3, 0.4) is 0 Å². The van der Waals surface area contributed by atoms with Gasteiger partial charge in [-0.2, -0.15) is 0 Å². The van der Waals surface area contributed by atoms with Gasteiger partial charge in [-0.25, -0.2) is 0 Å². The molecule has 0 spiro atoms. The average molecular weight is 500 g/mol. The van der Waals surface area contributed by atoms with Crippen molar-refractivity contribution in [3.63, 3.8) is 0 Å². The Morgan fingerprint density at radius 3 is 1.97 bits per heavy atom. The second-order valence-corrected chi connectivity index (χ2v) is 8.40. The number of carbonyl (C=O) groups is 4. The predicted octanol–water partition coefficient (Wildman–Crippen LogP) is 5.96. The quantitative estimate of drug-likeness (QED) is 0.265. The fourth-order valence-electron chi connectivity index (χ4n) is 4.01. The van der Waals surface area contributed by atoms with Gasteiger partial charge in [0.25, 0.3) is 0 Å². The number of likely N-dealkylation sites (tertiary alicyclic amines) is 2. The predicted molar refractivity (Wildman–Crippen MR) is 147 cm³/mol. The monoisotopic (exact) mass is 499 g/mol. The van der Waals surface area contributed by atoms with Gasteiger partial charge in [-0.05, 0) is 44.9 Å². The Kier molecular flexibility index (Phi) is 24.0. The lowest BCUT2D eigenvalue weighted by atomic mass is 10.1. The van der Waals surface area contributed by atoms with Crippen LogP contribution in [-0.4, -0.2) is 59.6 Å². The maximum absolute atomic E-state index is 12.1. The zero-order valence-corrected chi connectivity index (χ0v) is 23.9. The average Bonchev–Trinajstić information content (AvgIpc) is 3.15. The van der Waals surface area contributed by atoms with Crippen LogP contribution in [0.5, 0.6) is 0 Å². The van der Waals surface area contributed by atoms with E-state index in [-0.39, 0.29) is 31.0 Å². The van der Waals surface area contributed by atoms with E-state index in [1.54, 1.807) is 6.92 Å². The number of hydrogen-bond acceptors (Lipinski definition) is 4. The van der Waals surface area contributed by atoms with Gasteiger partial charge in [-0.1, -0.05) is 61.3 Å². The molecule has 0 radical (unpaired) electrons. The maximum atomic E-state index is 12.1. The summed E-state index contributed by atoms with van der Waals surface area (Å²) in [4.78, 5) is 50.8. The summed E-state index contributed by atoms with van der Waals surface area (Å²) in [6, 6.07) is 0. The summed E-state index contributed by atoms with van der Waals surface area (Å²) in [5.41, 5.74) is 0. The normalized spacial score (nSPS) is 16.8. The highest BCUT2D eigenvalue weighted by molar-refractivity contribution is 6.03. The van der Waals surface area contributed by atoms with Crippen molar-refractivity contribution in [2.45, 2.75) is 126 Å². The molecule has 4 amide bonds. The van der Waals surface area contributed by atoms with E-state index in [4.69, 9.17) is 0 Å². The van der Waals surface area contributed by atoms with Gasteiger partial charge in [0.05, 0.1) is 0 Å². The fourth-order valence-corrected chi connectivity index (χ4v) is 4.01. The molecule has 1 N–H and O–H groups in total. The number of nitrogens with one attached hydrogen (secondary N) is 1. The largest absolute Gasteiger partial charge is 0.356 e. The van der Waals surface area contributed by atoms with Crippen molar-refractivity contribution >= 4 is 23.6 Å². The SMILES string of the molecule is CC.CC.CC.CC1CC(=O)N(CCCCCC(=O)NCCCCCC(=O)N2CCCCC2)C1=O.[HH]. The van der Waals surface area contributed by atoms with Crippen LogP contribution >= 0.6 is 0 Å². The lowest BCUT2D eigenvalue weighted by molar-refractivity contribution is -0.139. The van der Waals surface area contributed by atoms with Gasteiger partial charge in [0, 0.05) is 52.8 Å². The van der Waals surface area contributed by atoms with Gasteiger partial charge in [0.15, 0.2) is 0 Å². The van der Waals surface area contributed by atoms with E-state index in [0.717, 1.165) is 64.5 Å². The Morgan fingerprint density at radius 1 is 0.829 bits per heavy atom. The minimum Gasteiger partial charge on any atom is -0.356 e. The molecule has 0 bridgehead atoms. The van der Waals surface area contributed by atoms with Crippen LogP contribution in [0.2, 0.25) is 0 Å². The smallest absolute Gasteiger partial charge is 0.232 e. The number of amides is 4. The summed E-state index contributed by atoms with van der Waals surface area (Å²) < 4.78 is 0. The molecule has 7 heteroatoms. The standard InChI is InChI=1S/C22H37N3O4.3C2H6.H2/c1-18-17-21(28)25(22(18)29)16-10-3-5-11-19(26)23-13-7-2-6-12-20(27)24-14-8-4-9-15-24;3*1-2;/h18H,2-17H2,1H3,(H,23,26);3*1-2H3;1H. The van der Waals surface area contributed by atoms with E-state index >= 15 is 0 Å². The molecule has 0 aliphatic carbocycles. The lowest BCUT2D eigenvalue weighted by Crippen LogP contribution is -2.35. The highest BCUT2D eigenvalue weighted by Crippen LogP contribution is 2.19. The summed E-state index contributed by atoms with van der Waals surface area (Å²) in [6.07, 6.45) is 10.0. The van der Waals surface area contributed by atoms with Crippen molar-refractivity contribution in [2.75, 3.05) is 26.2 Å². The van der Waals surface area contributed by atoms with E-state index in [0.29, 0.717) is 32.4 Å². The highest BCUT2D eigenvalue weighted by Gasteiger charge is 2.34. The molecule has 0 aromatic rings. The minimum absolute atomic E-state index is 0. The molecule has 2 aliphatic rings. The number of unbranched alkanes of at least 4 members (excludes halogenated alkanes) is 4. The Hall–Kier alpha value is -1.92. The lowest BCUT2D eigenvalue weighted by Gasteiger charge is -2.26. The van der Waals surface area contributed by atoms with Gasteiger partial charge in [0.1, 0.15) is 0 Å². The van der Waals surface area contributed by atoms with Crippen LogP contribution in [0.25, 0.3) is 0 Å². The molecule has 2 aliphatic heterocycles. The number of carbonyl (C=O) groups excluding carboxylic acids is 4. The topological polar surface area (TPSA) is 86.8 Å². The summed E-state index contributed by atoms with van der Waals surface area (Å²) in [7, 11) is 0. The number of imide groups is 1. The van der Waals surface area contributed by atoms with Crippen molar-refractivity contribution in [3.05, 3.63) is 0 Å². The van der Waals surface area contributed by atoms with E-state index < -0.39 is 0 Å². The Labute approximate surface area is 217 Å². The van der Waals surface area contributed by atoms with Gasteiger partial charge < -0.3 is 10.2 Å². The fraction of sp³-hybridized carbons (Fsp3) is 0.857. The van der Waals surface area contributed by atoms with Crippen LogP contribution in [-0.2, 0) is 19.2 Å². The molecule has 0 aromatic heterocycles. The molecule has 2 saturated heterocycles. The molecule has 208 valence electrons. The van der Waals surface area contributed by atoms with E-state index in [9.17, 15) is 19.2 Å². The number of hydrogen-bond donors (Lipinski definition) is 1. The van der Waals surface area contributed by atoms with Gasteiger partial charge in [-0.3, -0.25) is 24.1 Å². The number of piperidine rings is 1. The van der Waals surface area contributed by atoms with Crippen LogP contribution in [0.15, 0.2) is 0 Å². The number of rotatable bonds is 12. The molecule has 2 heterocycles. The zero-order chi connectivity index (χ0) is 27.1. The maximum Gasteiger partial charge on any atom is 0.232 e. The first-order chi connectivity index (χ1) is 17.0. The van der Waals surface area contributed by atoms with E-state index in [1.165, 1.54) is 11.3 Å². The molecule has 0 aromatic carbocycles. The van der Waals surface area contributed by atoms with Crippen LogP contribution in [0.4, 0.5) is 0 Å². The van der Waals surface area contributed by atoms with Crippen molar-refractivity contribution < 1.29 is 20.6 Å². The summed E-state index contributed by atoms with van der Waals surface area (Å²) in [5.74, 6) is 0.0104. The molecule has 1 unspecified atom stereocenters. The third-order valence-electron chi connectivity index (χ3n) is 5.85. The minimum atomic E-state index is -0.184. The third kappa shape index (κ3) is 15.6. The van der Waals surface area contributed by atoms with Crippen LogP contribution in [0, 0.1) is 5.92 Å². The second kappa shape index (κ2) is 23.8. The molecule has 7 nitrogen and oxygen atoms in total. The summed E-state index contributed by atoms with van der Waals surface area (Å²) >= 11 is 0. The van der Waals surface area contributed by atoms with Crippen LogP contribution in [0.1, 0.15) is 127 Å². The molecular formula is C28H57N3O4. The first-order valence-corrected chi connectivity index (χ1v) is 14.4. The molecule has 2 fully saturated rings. The Balaban J connectivity index is -0.00000144. The van der Waals surface area contributed by atoms with Crippen molar-refractivity contribution in [1.82, 2.24) is 15.1 Å². The van der Waals surface area contributed by atoms with E-state index in [1.807, 2.05) is 46.4 Å². The second-order valence-electron chi connectivity index (χ2n) is 8.40. The Morgan fingerprint density at radius 2 is 1.40 bits per heavy atom. The molecular weight excluding hydrogens is 442 g/mol. The van der Waals surface area contributed by atoms with Crippen molar-refractivity contribution in [2.24, 2.45) is 5.92 Å².